The van der Waals surface area contributed by atoms with Crippen LogP contribution in [0.1, 0.15) is 41.0 Å². The molecule has 0 atom stereocenters. The number of nitrogens with zero attached hydrogens (tertiary/aromatic N) is 2. The molecule has 1 fully saturated rings. The molecule has 1 aliphatic rings. The van der Waals surface area contributed by atoms with Gasteiger partial charge in [0.05, 0.1) is 0 Å². The fourth-order valence-corrected chi connectivity index (χ4v) is 2.21. The highest BCUT2D eigenvalue weighted by molar-refractivity contribution is 5.81. The summed E-state index contributed by atoms with van der Waals surface area (Å²) in [6, 6.07) is 0. The van der Waals surface area contributed by atoms with Gasteiger partial charge in [-0.2, -0.15) is 0 Å². The predicted octanol–water partition coefficient (Wildman–Crippen LogP) is 2.11. The average molecular weight is 255 g/mol. The van der Waals surface area contributed by atoms with Crippen LogP contribution in [0.5, 0.6) is 0 Å². The second kappa shape index (κ2) is 5.91. The zero-order valence-electron chi connectivity index (χ0n) is 12.8. The summed E-state index contributed by atoms with van der Waals surface area (Å²) in [7, 11) is 1.85. The van der Waals surface area contributed by atoms with Crippen LogP contribution in [0, 0.1) is 5.41 Å². The van der Waals surface area contributed by atoms with E-state index >= 15 is 0 Å². The number of hydrogen-bond acceptors (Lipinski definition) is 2. The topological polar surface area (TPSA) is 36.9 Å². The Balaban J connectivity index is 2.40. The van der Waals surface area contributed by atoms with Gasteiger partial charge in [-0.05, 0) is 27.2 Å². The number of nitrogens with one attached hydrogen (secondary N) is 1. The molecular formula is C14H29N3O. The summed E-state index contributed by atoms with van der Waals surface area (Å²) in [5.41, 5.74) is 0.505. The molecule has 1 aliphatic heterocycles. The molecule has 4 heteroatoms. The van der Waals surface area contributed by atoms with Crippen LogP contribution in [-0.2, 0) is 4.74 Å². The molecule has 0 spiro atoms. The highest BCUT2D eigenvalue weighted by atomic mass is 16.5. The van der Waals surface area contributed by atoms with Gasteiger partial charge in [-0.1, -0.05) is 13.8 Å². The summed E-state index contributed by atoms with van der Waals surface area (Å²) in [6.07, 6.45) is 1.02. The summed E-state index contributed by atoms with van der Waals surface area (Å²) < 4.78 is 5.33. The minimum atomic E-state index is 0.161. The molecule has 0 radical (unpaired) electrons. The van der Waals surface area contributed by atoms with Crippen molar-refractivity contribution in [1.82, 2.24) is 10.2 Å². The van der Waals surface area contributed by atoms with E-state index in [0.29, 0.717) is 5.41 Å². The molecule has 0 aromatic heterocycles. The maximum absolute atomic E-state index is 5.33. The SMILES string of the molecule is CCOCCCNC(=NC)N1CC(C)(C)C1(C)C. The third-order valence-corrected chi connectivity index (χ3v) is 4.30. The van der Waals surface area contributed by atoms with Crippen molar-refractivity contribution in [1.29, 1.82) is 0 Å². The molecule has 1 saturated heterocycles. The fourth-order valence-electron chi connectivity index (χ4n) is 2.21. The van der Waals surface area contributed by atoms with E-state index in [4.69, 9.17) is 4.74 Å². The van der Waals surface area contributed by atoms with Crippen molar-refractivity contribution in [2.45, 2.75) is 46.6 Å². The Morgan fingerprint density at radius 3 is 2.44 bits per heavy atom. The van der Waals surface area contributed by atoms with Crippen molar-refractivity contribution in [3.05, 3.63) is 0 Å². The zero-order valence-corrected chi connectivity index (χ0v) is 12.8. The molecule has 1 heterocycles. The quantitative estimate of drug-likeness (QED) is 0.464. The first-order chi connectivity index (χ1) is 8.36. The van der Waals surface area contributed by atoms with E-state index in [0.717, 1.165) is 38.7 Å². The molecule has 0 bridgehead atoms. The van der Waals surface area contributed by atoms with E-state index in [9.17, 15) is 0 Å². The Kier molecular flexibility index (Phi) is 5.02. The Hall–Kier alpha value is -0.770. The lowest BCUT2D eigenvalue weighted by molar-refractivity contribution is -0.0667. The maximum atomic E-state index is 5.33. The Bertz CT molecular complexity index is 297. The smallest absolute Gasteiger partial charge is 0.194 e. The maximum Gasteiger partial charge on any atom is 0.194 e. The Morgan fingerprint density at radius 2 is 2.00 bits per heavy atom. The number of aliphatic imine (C=N–C) groups is 1. The van der Waals surface area contributed by atoms with Gasteiger partial charge in [-0.3, -0.25) is 4.99 Å². The zero-order chi connectivity index (χ0) is 13.8. The number of ether oxygens (including phenoxy) is 1. The first-order valence-corrected chi connectivity index (χ1v) is 6.93. The molecule has 1 N–H and O–H groups in total. The molecule has 0 amide bonds. The number of guanidine groups is 1. The van der Waals surface area contributed by atoms with Gasteiger partial charge < -0.3 is 15.0 Å². The summed E-state index contributed by atoms with van der Waals surface area (Å²) in [5.74, 6) is 1.01. The van der Waals surface area contributed by atoms with E-state index in [2.05, 4.69) is 42.9 Å². The van der Waals surface area contributed by atoms with Crippen LogP contribution < -0.4 is 5.32 Å². The van der Waals surface area contributed by atoms with E-state index in [1.165, 1.54) is 0 Å². The Labute approximate surface area is 112 Å². The Morgan fingerprint density at radius 1 is 1.33 bits per heavy atom. The molecule has 0 unspecified atom stereocenters. The average Bonchev–Trinajstić information content (AvgIpc) is 2.32. The van der Waals surface area contributed by atoms with E-state index < -0.39 is 0 Å². The lowest BCUT2D eigenvalue weighted by Crippen LogP contribution is -2.72. The van der Waals surface area contributed by atoms with Gasteiger partial charge in [0.15, 0.2) is 5.96 Å². The van der Waals surface area contributed by atoms with Crippen molar-refractivity contribution < 1.29 is 4.74 Å². The van der Waals surface area contributed by atoms with Crippen molar-refractivity contribution in [3.8, 4) is 0 Å². The van der Waals surface area contributed by atoms with Crippen molar-refractivity contribution in [3.63, 3.8) is 0 Å². The van der Waals surface area contributed by atoms with Crippen LogP contribution in [-0.4, -0.2) is 49.7 Å². The monoisotopic (exact) mass is 255 g/mol. The first-order valence-electron chi connectivity index (χ1n) is 6.93. The van der Waals surface area contributed by atoms with Gasteiger partial charge in [-0.25, -0.2) is 0 Å². The standard InChI is InChI=1S/C14H29N3O/c1-7-18-10-8-9-16-12(15-6)17-11-13(2,3)14(17,4)5/h7-11H2,1-6H3,(H,15,16). The van der Waals surface area contributed by atoms with Crippen LogP contribution in [0.15, 0.2) is 4.99 Å². The van der Waals surface area contributed by atoms with Crippen LogP contribution in [0.4, 0.5) is 0 Å². The molecule has 18 heavy (non-hydrogen) atoms. The third kappa shape index (κ3) is 2.97. The number of hydrogen-bond donors (Lipinski definition) is 1. The highest BCUT2D eigenvalue weighted by Crippen LogP contribution is 2.46. The molecule has 106 valence electrons. The van der Waals surface area contributed by atoms with Crippen LogP contribution in [0.25, 0.3) is 0 Å². The summed E-state index contributed by atoms with van der Waals surface area (Å²) in [5, 5.41) is 3.42. The van der Waals surface area contributed by atoms with E-state index in [1.807, 2.05) is 14.0 Å². The number of rotatable bonds is 5. The minimum Gasteiger partial charge on any atom is -0.382 e. The van der Waals surface area contributed by atoms with Gasteiger partial charge in [0.1, 0.15) is 0 Å². The predicted molar refractivity (Wildman–Crippen MR) is 77.0 cm³/mol. The normalized spacial score (nSPS) is 21.7. The first kappa shape index (κ1) is 15.3. The van der Waals surface area contributed by atoms with Crippen molar-refractivity contribution >= 4 is 5.96 Å². The molecule has 0 aliphatic carbocycles. The van der Waals surface area contributed by atoms with E-state index in [-0.39, 0.29) is 5.54 Å². The van der Waals surface area contributed by atoms with Crippen LogP contribution in [0.2, 0.25) is 0 Å². The molecule has 0 saturated carbocycles. The lowest BCUT2D eigenvalue weighted by Gasteiger charge is -2.62. The van der Waals surface area contributed by atoms with Gasteiger partial charge in [-0.15, -0.1) is 0 Å². The fraction of sp³-hybridized carbons (Fsp3) is 0.929. The molecular weight excluding hydrogens is 226 g/mol. The van der Waals surface area contributed by atoms with E-state index in [1.54, 1.807) is 0 Å². The van der Waals surface area contributed by atoms with Crippen molar-refractivity contribution in [2.75, 3.05) is 33.4 Å². The third-order valence-electron chi connectivity index (χ3n) is 4.30. The highest BCUT2D eigenvalue weighted by Gasteiger charge is 2.53. The van der Waals surface area contributed by atoms with Crippen LogP contribution >= 0.6 is 0 Å². The van der Waals surface area contributed by atoms with Crippen molar-refractivity contribution in [2.24, 2.45) is 10.4 Å². The van der Waals surface area contributed by atoms with Gasteiger partial charge in [0.2, 0.25) is 0 Å². The summed E-state index contributed by atoms with van der Waals surface area (Å²) in [6.45, 7) is 14.8. The molecule has 0 aromatic carbocycles. The summed E-state index contributed by atoms with van der Waals surface area (Å²) in [4.78, 5) is 6.73. The molecule has 0 aromatic rings. The molecule has 4 nitrogen and oxygen atoms in total. The largest absolute Gasteiger partial charge is 0.382 e. The minimum absolute atomic E-state index is 0.161. The van der Waals surface area contributed by atoms with Gasteiger partial charge in [0, 0.05) is 44.3 Å². The number of likely N-dealkylation sites (tertiary alicyclic amines) is 1. The second-order valence-electron chi connectivity index (χ2n) is 6.05. The van der Waals surface area contributed by atoms with Gasteiger partial charge >= 0.3 is 0 Å². The summed E-state index contributed by atoms with van der Waals surface area (Å²) >= 11 is 0. The van der Waals surface area contributed by atoms with Crippen LogP contribution in [0.3, 0.4) is 0 Å². The van der Waals surface area contributed by atoms with Gasteiger partial charge in [0.25, 0.3) is 0 Å². The second-order valence-corrected chi connectivity index (χ2v) is 6.05. The molecule has 1 rings (SSSR count). The lowest BCUT2D eigenvalue weighted by atomic mass is 9.65.